The van der Waals surface area contributed by atoms with Crippen molar-refractivity contribution < 1.29 is 19.3 Å². The van der Waals surface area contributed by atoms with Gasteiger partial charge in [0.05, 0.1) is 0 Å². The maximum absolute atomic E-state index is 12.0. The number of rotatable bonds is 39. The predicted molar refractivity (Wildman–Crippen MR) is 302 cm³/mol. The van der Waals surface area contributed by atoms with E-state index in [1.165, 1.54) is 176 Å². The molecular formula is C66H102O4. The lowest BCUT2D eigenvalue weighted by molar-refractivity contribution is 0.0978. The number of phenols is 1. The van der Waals surface area contributed by atoms with Crippen LogP contribution in [-0.4, -0.2) is 21.9 Å². The first-order valence-corrected chi connectivity index (χ1v) is 28.9. The lowest BCUT2D eigenvalue weighted by atomic mass is 9.82. The maximum Gasteiger partial charge on any atom is 0.123 e. The second kappa shape index (κ2) is 32.2. The van der Waals surface area contributed by atoms with E-state index < -0.39 is 16.8 Å². The molecule has 0 saturated carbocycles. The molecule has 0 aromatic heterocycles. The van der Waals surface area contributed by atoms with Gasteiger partial charge in [-0.25, -0.2) is 0 Å². The molecule has 4 nitrogen and oxygen atoms in total. The van der Waals surface area contributed by atoms with Gasteiger partial charge in [0.15, 0.2) is 0 Å². The molecule has 4 aromatic carbocycles. The van der Waals surface area contributed by atoms with Crippen molar-refractivity contribution in [3.05, 3.63) is 118 Å². The van der Waals surface area contributed by atoms with Gasteiger partial charge in [-0.1, -0.05) is 216 Å². The fraction of sp³-hybridized carbons (Fsp3) is 0.636. The van der Waals surface area contributed by atoms with Gasteiger partial charge in [-0.2, -0.15) is 0 Å². The fourth-order valence-electron chi connectivity index (χ4n) is 10.4. The number of unbranched alkanes of at least 4 members (excludes halogenated alkanes) is 21. The monoisotopic (exact) mass is 959 g/mol. The molecule has 70 heavy (non-hydrogen) atoms. The Morgan fingerprint density at radius 2 is 0.600 bits per heavy atom. The lowest BCUT2D eigenvalue weighted by Gasteiger charge is -2.34. The number of aromatic hydroxyl groups is 1. The van der Waals surface area contributed by atoms with Gasteiger partial charge in [0.2, 0.25) is 0 Å². The number of aryl methyl sites for hydroxylation is 3. The third kappa shape index (κ3) is 22.7. The minimum Gasteiger partial charge on any atom is -0.508 e. The van der Waals surface area contributed by atoms with Crippen molar-refractivity contribution in [3.8, 4) is 23.0 Å². The predicted octanol–water partition coefficient (Wildman–Crippen LogP) is 19.6. The fourth-order valence-corrected chi connectivity index (χ4v) is 10.4. The van der Waals surface area contributed by atoms with E-state index in [1.807, 2.05) is 6.07 Å². The van der Waals surface area contributed by atoms with E-state index in [0.717, 1.165) is 47.6 Å². The molecule has 390 valence electrons. The Hall–Kier alpha value is -3.92. The van der Waals surface area contributed by atoms with E-state index in [0.29, 0.717) is 25.0 Å². The molecule has 0 spiro atoms. The van der Waals surface area contributed by atoms with Gasteiger partial charge < -0.3 is 19.3 Å². The summed E-state index contributed by atoms with van der Waals surface area (Å²) in [6.07, 6.45) is 36.2. The van der Waals surface area contributed by atoms with Gasteiger partial charge >= 0.3 is 0 Å². The lowest BCUT2D eigenvalue weighted by Crippen LogP contribution is -2.36. The highest BCUT2D eigenvalue weighted by molar-refractivity contribution is 5.48. The molecule has 1 N–H and O–H groups in total. The number of phenolic OH excluding ortho intramolecular Hbond substituents is 1. The largest absolute Gasteiger partial charge is 0.508 e. The van der Waals surface area contributed by atoms with Gasteiger partial charge in [0.25, 0.3) is 0 Å². The van der Waals surface area contributed by atoms with Crippen LogP contribution in [0.5, 0.6) is 23.0 Å². The van der Waals surface area contributed by atoms with E-state index in [1.54, 1.807) is 0 Å². The van der Waals surface area contributed by atoms with Crippen molar-refractivity contribution in [2.45, 2.75) is 272 Å². The van der Waals surface area contributed by atoms with Crippen molar-refractivity contribution in [1.82, 2.24) is 0 Å². The minimum absolute atomic E-state index is 0.308. The normalized spacial score (nSPS) is 12.1. The molecule has 0 bridgehead atoms. The molecule has 0 aliphatic carbocycles. The van der Waals surface area contributed by atoms with E-state index in [9.17, 15) is 5.11 Å². The number of ether oxygens (including phenoxy) is 3. The number of para-hydroxylation sites is 3. The third-order valence-electron chi connectivity index (χ3n) is 14.3. The molecule has 4 aromatic rings. The Balaban J connectivity index is 1.57. The summed E-state index contributed by atoms with van der Waals surface area (Å²) in [6, 6.07) is 29.9. The highest BCUT2D eigenvalue weighted by atomic mass is 16.5. The highest BCUT2D eigenvalue weighted by Crippen LogP contribution is 2.38. The molecule has 0 saturated heterocycles. The molecule has 0 unspecified atom stereocenters. The smallest absolute Gasteiger partial charge is 0.123 e. The first-order valence-electron chi connectivity index (χ1n) is 28.9. The minimum atomic E-state index is -0.603. The van der Waals surface area contributed by atoms with Gasteiger partial charge in [-0.3, -0.25) is 0 Å². The van der Waals surface area contributed by atoms with Crippen LogP contribution in [0.25, 0.3) is 0 Å². The van der Waals surface area contributed by atoms with Crippen molar-refractivity contribution in [3.63, 3.8) is 0 Å². The molecule has 0 aliphatic heterocycles. The first kappa shape index (κ1) is 58.6. The molecule has 0 aliphatic rings. The van der Waals surface area contributed by atoms with Crippen LogP contribution in [-0.2, 0) is 38.5 Å². The van der Waals surface area contributed by atoms with E-state index in [-0.39, 0.29) is 0 Å². The van der Waals surface area contributed by atoms with Crippen LogP contribution in [0.1, 0.15) is 250 Å². The second-order valence-electron chi connectivity index (χ2n) is 22.8. The Kier molecular flexibility index (Phi) is 27.0. The summed E-state index contributed by atoms with van der Waals surface area (Å²) in [7, 11) is 0. The van der Waals surface area contributed by atoms with E-state index in [2.05, 4.69) is 141 Å². The zero-order valence-electron chi connectivity index (χ0n) is 46.5. The molecule has 0 fully saturated rings. The average molecular weight is 960 g/mol. The number of hydrogen-bond donors (Lipinski definition) is 1. The van der Waals surface area contributed by atoms with Crippen molar-refractivity contribution >= 4 is 0 Å². The van der Waals surface area contributed by atoms with Crippen LogP contribution in [0, 0.1) is 0 Å². The van der Waals surface area contributed by atoms with Gasteiger partial charge in [-0.15, -0.1) is 0 Å². The third-order valence-corrected chi connectivity index (χ3v) is 14.3. The number of benzene rings is 4. The van der Waals surface area contributed by atoms with Crippen LogP contribution in [0.4, 0.5) is 0 Å². The van der Waals surface area contributed by atoms with Crippen molar-refractivity contribution in [1.29, 1.82) is 0 Å². The summed E-state index contributed by atoms with van der Waals surface area (Å²) in [5.74, 6) is 3.20. The average Bonchev–Trinajstić information content (AvgIpc) is 3.32. The Labute approximate surface area is 430 Å². The van der Waals surface area contributed by atoms with E-state index >= 15 is 0 Å². The molecular weight excluding hydrogens is 857 g/mol. The van der Waals surface area contributed by atoms with Crippen LogP contribution >= 0.6 is 0 Å². The standard InChI is InChI=1S/C66H102O4/c1-10-13-16-19-22-25-28-31-40-54-43-34-37-46-61(54)68-64(4,5)51-57-49-50-60(67)59(53-66(8,9)70-63-48-39-36-45-56(63)42-33-30-27-24-21-18-15-12-3)58(57)52-65(6,7)69-62-47-38-35-44-55(62)41-32-29-26-23-20-17-14-11-2/h34-39,43-50,67H,10-33,40-42,51-53H2,1-9H3. The van der Waals surface area contributed by atoms with Crippen LogP contribution in [0.3, 0.4) is 0 Å². The summed E-state index contributed by atoms with van der Waals surface area (Å²) in [4.78, 5) is 0. The summed E-state index contributed by atoms with van der Waals surface area (Å²) in [5, 5.41) is 12.0. The summed E-state index contributed by atoms with van der Waals surface area (Å²) in [6.45, 7) is 20.1. The van der Waals surface area contributed by atoms with Crippen molar-refractivity contribution in [2.24, 2.45) is 0 Å². The maximum atomic E-state index is 12.0. The quantitative estimate of drug-likeness (QED) is 0.0453. The molecule has 4 heteroatoms. The van der Waals surface area contributed by atoms with Gasteiger partial charge in [-0.05, 0) is 132 Å². The summed E-state index contributed by atoms with van der Waals surface area (Å²) >= 11 is 0. The molecule has 0 heterocycles. The van der Waals surface area contributed by atoms with Gasteiger partial charge in [0, 0.05) is 24.8 Å². The van der Waals surface area contributed by atoms with Crippen LogP contribution < -0.4 is 14.2 Å². The number of hydrogen-bond acceptors (Lipinski definition) is 4. The Bertz CT molecular complexity index is 2010. The molecule has 4 rings (SSSR count). The summed E-state index contributed by atoms with van der Waals surface area (Å²) in [5.41, 5.74) is 5.35. The molecule has 0 atom stereocenters. The zero-order chi connectivity index (χ0) is 50.5. The highest BCUT2D eigenvalue weighted by Gasteiger charge is 2.32. The van der Waals surface area contributed by atoms with Crippen LogP contribution in [0.2, 0.25) is 0 Å². The molecule has 0 amide bonds. The second-order valence-corrected chi connectivity index (χ2v) is 22.8. The Morgan fingerprint density at radius 1 is 0.314 bits per heavy atom. The van der Waals surface area contributed by atoms with E-state index in [4.69, 9.17) is 14.2 Å². The molecule has 0 radical (unpaired) electrons. The Morgan fingerprint density at radius 3 is 0.943 bits per heavy atom. The van der Waals surface area contributed by atoms with Crippen molar-refractivity contribution in [2.75, 3.05) is 0 Å². The van der Waals surface area contributed by atoms with Gasteiger partial charge in [0.1, 0.15) is 39.8 Å². The zero-order valence-corrected chi connectivity index (χ0v) is 46.5. The SMILES string of the molecule is CCCCCCCCCCc1ccccc1OC(C)(C)Cc1ccc(O)c(CC(C)(C)Oc2ccccc2CCCCCCCCCC)c1CC(C)(C)Oc1ccccc1CCCCCCCCCC. The van der Waals surface area contributed by atoms with Crippen LogP contribution in [0.15, 0.2) is 84.9 Å². The topological polar surface area (TPSA) is 47.9 Å². The first-order chi connectivity index (χ1) is 33.8. The summed E-state index contributed by atoms with van der Waals surface area (Å²) < 4.78 is 21.2.